The van der Waals surface area contributed by atoms with Crippen molar-refractivity contribution >= 4 is 11.6 Å². The molecule has 0 aliphatic carbocycles. The van der Waals surface area contributed by atoms with E-state index in [-0.39, 0.29) is 5.91 Å². The molecule has 1 amide bonds. The van der Waals surface area contributed by atoms with Gasteiger partial charge in [-0.3, -0.25) is 4.79 Å². The van der Waals surface area contributed by atoms with Crippen LogP contribution >= 0.6 is 0 Å². The van der Waals surface area contributed by atoms with Crippen molar-refractivity contribution in [3.63, 3.8) is 0 Å². The third-order valence-electron chi connectivity index (χ3n) is 2.96. The van der Waals surface area contributed by atoms with Crippen molar-refractivity contribution in [2.45, 2.75) is 20.3 Å². The van der Waals surface area contributed by atoms with Crippen LogP contribution in [0.5, 0.6) is 0 Å². The zero-order valence-corrected chi connectivity index (χ0v) is 11.6. The molecule has 0 saturated heterocycles. The van der Waals surface area contributed by atoms with E-state index in [0.717, 1.165) is 26.1 Å². The second-order valence-corrected chi connectivity index (χ2v) is 4.46. The summed E-state index contributed by atoms with van der Waals surface area (Å²) in [5.41, 5.74) is 6.86. The molecule has 1 aromatic rings. The first-order chi connectivity index (χ1) is 8.58. The number of carbonyl (C=O) groups is 1. The van der Waals surface area contributed by atoms with Gasteiger partial charge in [-0.2, -0.15) is 0 Å². The van der Waals surface area contributed by atoms with Crippen LogP contribution in [0.3, 0.4) is 0 Å². The fourth-order valence-electron chi connectivity index (χ4n) is 1.98. The summed E-state index contributed by atoms with van der Waals surface area (Å²) in [6.07, 6.45) is 2.88. The Morgan fingerprint density at radius 2 is 2.17 bits per heavy atom. The van der Waals surface area contributed by atoms with Crippen molar-refractivity contribution in [1.29, 1.82) is 0 Å². The van der Waals surface area contributed by atoms with Crippen molar-refractivity contribution < 1.29 is 4.79 Å². The first-order valence-corrected chi connectivity index (χ1v) is 6.50. The SMILES string of the molecule is CCCN(CC)CCNC(=O)c1cc(N)cn1C. The van der Waals surface area contributed by atoms with Gasteiger partial charge in [0.1, 0.15) is 5.69 Å². The first kappa shape index (κ1) is 14.6. The molecule has 0 unspecified atom stereocenters. The highest BCUT2D eigenvalue weighted by molar-refractivity contribution is 5.93. The maximum atomic E-state index is 11.9. The molecule has 0 spiro atoms. The number of nitrogens with two attached hydrogens (primary N) is 1. The Labute approximate surface area is 109 Å². The Bertz CT molecular complexity index is 386. The van der Waals surface area contributed by atoms with Crippen LogP contribution in [0.2, 0.25) is 0 Å². The minimum Gasteiger partial charge on any atom is -0.397 e. The average Bonchev–Trinajstić information content (AvgIpc) is 2.67. The van der Waals surface area contributed by atoms with Gasteiger partial charge in [-0.1, -0.05) is 13.8 Å². The lowest BCUT2D eigenvalue weighted by molar-refractivity contribution is 0.0940. The maximum absolute atomic E-state index is 11.9. The highest BCUT2D eigenvalue weighted by Gasteiger charge is 2.10. The number of amides is 1. The lowest BCUT2D eigenvalue weighted by Gasteiger charge is -2.19. The van der Waals surface area contributed by atoms with Gasteiger partial charge >= 0.3 is 0 Å². The van der Waals surface area contributed by atoms with E-state index >= 15 is 0 Å². The summed E-state index contributed by atoms with van der Waals surface area (Å²) in [6, 6.07) is 1.69. The number of anilines is 1. The monoisotopic (exact) mass is 252 g/mol. The van der Waals surface area contributed by atoms with Crippen LogP contribution in [0.25, 0.3) is 0 Å². The molecule has 102 valence electrons. The number of carbonyl (C=O) groups excluding carboxylic acids is 1. The number of aromatic nitrogens is 1. The summed E-state index contributed by atoms with van der Waals surface area (Å²) in [7, 11) is 1.82. The Morgan fingerprint density at radius 1 is 1.44 bits per heavy atom. The van der Waals surface area contributed by atoms with E-state index in [1.165, 1.54) is 0 Å². The van der Waals surface area contributed by atoms with E-state index in [9.17, 15) is 4.79 Å². The van der Waals surface area contributed by atoms with Crippen LogP contribution in [-0.2, 0) is 7.05 Å². The van der Waals surface area contributed by atoms with Crippen LogP contribution in [0, 0.1) is 0 Å². The van der Waals surface area contributed by atoms with Crippen molar-refractivity contribution in [3.8, 4) is 0 Å². The highest BCUT2D eigenvalue weighted by atomic mass is 16.1. The molecule has 0 bridgehead atoms. The predicted octanol–water partition coefficient (Wildman–Crippen LogP) is 1.07. The molecule has 0 atom stereocenters. The molecule has 0 aliphatic heterocycles. The van der Waals surface area contributed by atoms with E-state index in [0.29, 0.717) is 17.9 Å². The molecule has 1 rings (SSSR count). The summed E-state index contributed by atoms with van der Waals surface area (Å²) in [5.74, 6) is -0.0678. The van der Waals surface area contributed by atoms with Crippen LogP contribution in [-0.4, -0.2) is 41.6 Å². The number of nitrogens with zero attached hydrogens (tertiary/aromatic N) is 2. The normalized spacial score (nSPS) is 10.9. The minimum absolute atomic E-state index is 0.0678. The molecule has 0 fully saturated rings. The fraction of sp³-hybridized carbons (Fsp3) is 0.615. The lowest BCUT2D eigenvalue weighted by atomic mass is 10.3. The molecule has 0 saturated carbocycles. The summed E-state index contributed by atoms with van der Waals surface area (Å²) < 4.78 is 1.74. The Morgan fingerprint density at radius 3 is 2.67 bits per heavy atom. The third kappa shape index (κ3) is 4.07. The summed E-state index contributed by atoms with van der Waals surface area (Å²) in [4.78, 5) is 14.2. The van der Waals surface area contributed by atoms with Gasteiger partial charge < -0.3 is 20.5 Å². The molecule has 18 heavy (non-hydrogen) atoms. The second kappa shape index (κ2) is 7.06. The van der Waals surface area contributed by atoms with Crippen LogP contribution in [0.15, 0.2) is 12.3 Å². The molecule has 5 heteroatoms. The van der Waals surface area contributed by atoms with Crippen molar-refractivity contribution in [3.05, 3.63) is 18.0 Å². The van der Waals surface area contributed by atoms with E-state index in [1.807, 2.05) is 7.05 Å². The fourth-order valence-corrected chi connectivity index (χ4v) is 1.98. The third-order valence-corrected chi connectivity index (χ3v) is 2.96. The zero-order chi connectivity index (χ0) is 13.5. The second-order valence-electron chi connectivity index (χ2n) is 4.46. The van der Waals surface area contributed by atoms with Gasteiger partial charge in [0.15, 0.2) is 0 Å². The number of aryl methyl sites for hydroxylation is 1. The zero-order valence-electron chi connectivity index (χ0n) is 11.6. The van der Waals surface area contributed by atoms with Gasteiger partial charge in [0, 0.05) is 26.3 Å². The topological polar surface area (TPSA) is 63.3 Å². The summed E-state index contributed by atoms with van der Waals surface area (Å²) in [6.45, 7) is 7.93. The molecule has 3 N–H and O–H groups in total. The van der Waals surface area contributed by atoms with Gasteiger partial charge in [-0.15, -0.1) is 0 Å². The van der Waals surface area contributed by atoms with Crippen molar-refractivity contribution in [2.75, 3.05) is 31.9 Å². The smallest absolute Gasteiger partial charge is 0.268 e. The number of hydrogen-bond donors (Lipinski definition) is 2. The molecule has 1 aromatic heterocycles. The molecule has 0 aromatic carbocycles. The van der Waals surface area contributed by atoms with E-state index in [1.54, 1.807) is 16.8 Å². The van der Waals surface area contributed by atoms with Crippen molar-refractivity contribution in [2.24, 2.45) is 7.05 Å². The molecule has 5 nitrogen and oxygen atoms in total. The largest absolute Gasteiger partial charge is 0.397 e. The Balaban J connectivity index is 2.39. The molecule has 1 heterocycles. The average molecular weight is 252 g/mol. The maximum Gasteiger partial charge on any atom is 0.268 e. The van der Waals surface area contributed by atoms with Gasteiger partial charge in [0.05, 0.1) is 5.69 Å². The lowest BCUT2D eigenvalue weighted by Crippen LogP contribution is -2.35. The Kier molecular flexibility index (Phi) is 5.71. The first-order valence-electron chi connectivity index (χ1n) is 6.50. The summed E-state index contributed by atoms with van der Waals surface area (Å²) >= 11 is 0. The molecular weight excluding hydrogens is 228 g/mol. The van der Waals surface area contributed by atoms with Gasteiger partial charge in [0.2, 0.25) is 0 Å². The number of rotatable bonds is 7. The van der Waals surface area contributed by atoms with Crippen LogP contribution < -0.4 is 11.1 Å². The standard InChI is InChI=1S/C13H24N4O/c1-4-7-17(5-2)8-6-15-13(18)12-9-11(14)10-16(12)3/h9-10H,4-8,14H2,1-3H3,(H,15,18). The van der Waals surface area contributed by atoms with E-state index < -0.39 is 0 Å². The van der Waals surface area contributed by atoms with Crippen LogP contribution in [0.1, 0.15) is 30.8 Å². The Hall–Kier alpha value is -1.49. The molecule has 0 radical (unpaired) electrons. The van der Waals surface area contributed by atoms with E-state index in [2.05, 4.69) is 24.1 Å². The predicted molar refractivity (Wildman–Crippen MR) is 74.6 cm³/mol. The molecular formula is C13H24N4O. The summed E-state index contributed by atoms with van der Waals surface area (Å²) in [5, 5.41) is 2.92. The number of nitrogen functional groups attached to an aromatic ring is 1. The number of likely N-dealkylation sites (N-methyl/N-ethyl adjacent to an activating group) is 1. The van der Waals surface area contributed by atoms with Crippen molar-refractivity contribution in [1.82, 2.24) is 14.8 Å². The quantitative estimate of drug-likeness (QED) is 0.763. The highest BCUT2D eigenvalue weighted by Crippen LogP contribution is 2.08. The van der Waals surface area contributed by atoms with Gasteiger partial charge in [-0.25, -0.2) is 0 Å². The van der Waals surface area contributed by atoms with Crippen LogP contribution in [0.4, 0.5) is 5.69 Å². The number of nitrogens with one attached hydrogen (secondary N) is 1. The van der Waals surface area contributed by atoms with Gasteiger partial charge in [0.25, 0.3) is 5.91 Å². The molecule has 0 aliphatic rings. The van der Waals surface area contributed by atoms with Gasteiger partial charge in [-0.05, 0) is 25.6 Å². The number of hydrogen-bond acceptors (Lipinski definition) is 3. The van der Waals surface area contributed by atoms with E-state index in [4.69, 9.17) is 5.73 Å². The minimum atomic E-state index is -0.0678.